The topological polar surface area (TPSA) is 96.7 Å². The van der Waals surface area contributed by atoms with E-state index >= 15 is 0 Å². The minimum Gasteiger partial charge on any atom is -0.396 e. The SMILES string of the molecule is O=c1c2ccccc2c2ccc(-c3nnn[nH]3)cc2n1CCCO. The fourth-order valence-corrected chi connectivity index (χ4v) is 3.02. The van der Waals surface area contributed by atoms with Crippen LogP contribution in [0, 0.1) is 0 Å². The van der Waals surface area contributed by atoms with E-state index in [0.29, 0.717) is 24.2 Å². The van der Waals surface area contributed by atoms with Crippen LogP contribution in [0.4, 0.5) is 0 Å². The number of pyridine rings is 1. The largest absolute Gasteiger partial charge is 0.396 e. The van der Waals surface area contributed by atoms with Gasteiger partial charge in [0.25, 0.3) is 5.56 Å². The van der Waals surface area contributed by atoms with Crippen LogP contribution in [0.1, 0.15) is 6.42 Å². The molecule has 2 N–H and O–H groups in total. The summed E-state index contributed by atoms with van der Waals surface area (Å²) in [5.41, 5.74) is 1.56. The average Bonchev–Trinajstić information content (AvgIpc) is 3.16. The minimum absolute atomic E-state index is 0.0342. The Labute approximate surface area is 136 Å². The van der Waals surface area contributed by atoms with Crippen LogP contribution in [0.2, 0.25) is 0 Å². The number of fused-ring (bicyclic) bond motifs is 3. The summed E-state index contributed by atoms with van der Waals surface area (Å²) in [6.45, 7) is 0.487. The fourth-order valence-electron chi connectivity index (χ4n) is 3.02. The number of aryl methyl sites for hydroxylation is 1. The molecule has 0 atom stereocenters. The predicted molar refractivity (Wildman–Crippen MR) is 90.6 cm³/mol. The number of aliphatic hydroxyl groups is 1. The second kappa shape index (κ2) is 5.86. The Morgan fingerprint density at radius 1 is 1.08 bits per heavy atom. The van der Waals surface area contributed by atoms with Gasteiger partial charge in [0.05, 0.1) is 5.52 Å². The minimum atomic E-state index is -0.0561. The Morgan fingerprint density at radius 3 is 2.67 bits per heavy atom. The molecular weight excluding hydrogens is 306 g/mol. The van der Waals surface area contributed by atoms with E-state index < -0.39 is 0 Å². The van der Waals surface area contributed by atoms with Gasteiger partial charge in [0.15, 0.2) is 5.82 Å². The smallest absolute Gasteiger partial charge is 0.258 e. The highest BCUT2D eigenvalue weighted by Crippen LogP contribution is 2.26. The van der Waals surface area contributed by atoms with Gasteiger partial charge >= 0.3 is 0 Å². The van der Waals surface area contributed by atoms with E-state index in [1.165, 1.54) is 0 Å². The van der Waals surface area contributed by atoms with Gasteiger partial charge in [-0.2, -0.15) is 0 Å². The lowest BCUT2D eigenvalue weighted by Crippen LogP contribution is -2.21. The number of nitrogens with zero attached hydrogens (tertiary/aromatic N) is 4. The summed E-state index contributed by atoms with van der Waals surface area (Å²) in [6.07, 6.45) is 0.515. The van der Waals surface area contributed by atoms with Gasteiger partial charge in [-0.05, 0) is 34.4 Å². The molecule has 7 heteroatoms. The van der Waals surface area contributed by atoms with Crippen LogP contribution in [0.3, 0.4) is 0 Å². The van der Waals surface area contributed by atoms with Crippen molar-refractivity contribution in [3.8, 4) is 11.4 Å². The van der Waals surface area contributed by atoms with Gasteiger partial charge in [0.1, 0.15) is 0 Å². The molecule has 120 valence electrons. The molecule has 24 heavy (non-hydrogen) atoms. The lowest BCUT2D eigenvalue weighted by atomic mass is 10.0. The van der Waals surface area contributed by atoms with E-state index in [2.05, 4.69) is 20.6 Å². The Balaban J connectivity index is 2.07. The number of hydrogen-bond acceptors (Lipinski definition) is 5. The number of benzene rings is 2. The van der Waals surface area contributed by atoms with Crippen molar-refractivity contribution in [2.45, 2.75) is 13.0 Å². The number of aliphatic hydroxyl groups excluding tert-OH is 1. The highest BCUT2D eigenvalue weighted by atomic mass is 16.3. The van der Waals surface area contributed by atoms with Gasteiger partial charge in [0.2, 0.25) is 0 Å². The van der Waals surface area contributed by atoms with E-state index in [0.717, 1.165) is 21.9 Å². The van der Waals surface area contributed by atoms with E-state index in [1.807, 2.05) is 42.5 Å². The Morgan fingerprint density at radius 2 is 1.92 bits per heavy atom. The Hall–Kier alpha value is -3.06. The molecule has 0 radical (unpaired) electrons. The third kappa shape index (κ3) is 2.26. The van der Waals surface area contributed by atoms with Crippen molar-refractivity contribution in [1.82, 2.24) is 25.2 Å². The summed E-state index contributed by atoms with van der Waals surface area (Å²) in [5.74, 6) is 0.547. The molecule has 0 fully saturated rings. The van der Waals surface area contributed by atoms with E-state index in [1.54, 1.807) is 4.57 Å². The van der Waals surface area contributed by atoms with Crippen LogP contribution >= 0.6 is 0 Å². The number of hydrogen-bond donors (Lipinski definition) is 2. The Kier molecular flexibility index (Phi) is 3.55. The Bertz CT molecular complexity index is 1070. The van der Waals surface area contributed by atoms with Crippen molar-refractivity contribution in [2.24, 2.45) is 0 Å². The molecule has 0 aliphatic heterocycles. The predicted octanol–water partition coefficient (Wildman–Crippen LogP) is 1.72. The molecule has 2 heterocycles. The van der Waals surface area contributed by atoms with Gasteiger partial charge < -0.3 is 9.67 Å². The highest BCUT2D eigenvalue weighted by Gasteiger charge is 2.12. The first-order chi connectivity index (χ1) is 11.8. The summed E-state index contributed by atoms with van der Waals surface area (Å²) in [7, 11) is 0. The van der Waals surface area contributed by atoms with Crippen LogP contribution in [0.15, 0.2) is 47.3 Å². The lowest BCUT2D eigenvalue weighted by molar-refractivity contribution is 0.280. The zero-order valence-electron chi connectivity index (χ0n) is 12.8. The van der Waals surface area contributed by atoms with E-state index in [9.17, 15) is 4.79 Å². The summed E-state index contributed by atoms with van der Waals surface area (Å²) in [6, 6.07) is 13.4. The van der Waals surface area contributed by atoms with Crippen molar-refractivity contribution in [3.05, 3.63) is 52.8 Å². The number of nitrogens with one attached hydrogen (secondary N) is 1. The maximum atomic E-state index is 12.9. The summed E-state index contributed by atoms with van der Waals surface area (Å²) < 4.78 is 1.71. The van der Waals surface area contributed by atoms with Crippen LogP contribution in [-0.4, -0.2) is 36.9 Å². The number of tetrazole rings is 1. The quantitative estimate of drug-likeness (QED) is 0.558. The standard InChI is InChI=1S/C17H15N5O2/c23-9-3-8-22-15-10-11(16-18-20-21-19-16)6-7-13(15)12-4-1-2-5-14(12)17(22)24/h1-2,4-7,10,23H,3,8-9H2,(H,18,19,20,21). The van der Waals surface area contributed by atoms with E-state index in [-0.39, 0.29) is 12.2 Å². The summed E-state index contributed by atoms with van der Waals surface area (Å²) in [4.78, 5) is 12.9. The normalized spacial score (nSPS) is 11.4. The molecule has 0 aliphatic rings. The molecule has 0 spiro atoms. The third-order valence-corrected chi connectivity index (χ3v) is 4.14. The molecule has 0 aliphatic carbocycles. The van der Waals surface area contributed by atoms with Crippen molar-refractivity contribution < 1.29 is 5.11 Å². The molecular formula is C17H15N5O2. The first-order valence-corrected chi connectivity index (χ1v) is 7.70. The first kappa shape index (κ1) is 14.5. The van der Waals surface area contributed by atoms with Gasteiger partial charge in [-0.25, -0.2) is 5.10 Å². The number of aromatic amines is 1. The van der Waals surface area contributed by atoms with Crippen LogP contribution in [-0.2, 0) is 6.54 Å². The number of aromatic nitrogens is 5. The molecule has 4 rings (SSSR count). The van der Waals surface area contributed by atoms with Crippen molar-refractivity contribution >= 4 is 21.7 Å². The summed E-state index contributed by atoms with van der Waals surface area (Å²) >= 11 is 0. The van der Waals surface area contributed by atoms with Crippen molar-refractivity contribution in [1.29, 1.82) is 0 Å². The fraction of sp³-hybridized carbons (Fsp3) is 0.176. The first-order valence-electron chi connectivity index (χ1n) is 7.70. The number of H-pyrrole nitrogens is 1. The highest BCUT2D eigenvalue weighted by molar-refractivity contribution is 6.06. The van der Waals surface area contributed by atoms with Crippen LogP contribution in [0.5, 0.6) is 0 Å². The second-order valence-electron chi connectivity index (χ2n) is 5.56. The maximum Gasteiger partial charge on any atom is 0.258 e. The van der Waals surface area contributed by atoms with Gasteiger partial charge in [-0.3, -0.25) is 4.79 Å². The van der Waals surface area contributed by atoms with Crippen LogP contribution in [0.25, 0.3) is 33.1 Å². The summed E-state index contributed by atoms with van der Waals surface area (Å²) in [5, 5.41) is 25.6. The van der Waals surface area contributed by atoms with E-state index in [4.69, 9.17) is 5.11 Å². The lowest BCUT2D eigenvalue weighted by Gasteiger charge is -2.13. The molecule has 0 saturated heterocycles. The second-order valence-corrected chi connectivity index (χ2v) is 5.56. The molecule has 2 aromatic heterocycles. The van der Waals surface area contributed by atoms with Crippen molar-refractivity contribution in [3.63, 3.8) is 0 Å². The zero-order valence-corrected chi connectivity index (χ0v) is 12.8. The van der Waals surface area contributed by atoms with Gasteiger partial charge in [-0.1, -0.05) is 30.3 Å². The molecule has 4 aromatic rings. The third-order valence-electron chi connectivity index (χ3n) is 4.14. The molecule has 2 aromatic carbocycles. The maximum absolute atomic E-state index is 12.9. The van der Waals surface area contributed by atoms with Crippen LogP contribution < -0.4 is 5.56 Å². The molecule has 0 unspecified atom stereocenters. The monoisotopic (exact) mass is 321 g/mol. The molecule has 0 amide bonds. The zero-order chi connectivity index (χ0) is 16.5. The van der Waals surface area contributed by atoms with Gasteiger partial charge in [-0.15, -0.1) is 5.10 Å². The van der Waals surface area contributed by atoms with Crippen molar-refractivity contribution in [2.75, 3.05) is 6.61 Å². The molecule has 7 nitrogen and oxygen atoms in total. The molecule has 0 saturated carbocycles. The molecule has 0 bridgehead atoms. The number of rotatable bonds is 4. The average molecular weight is 321 g/mol. The van der Waals surface area contributed by atoms with Gasteiger partial charge in [0, 0.05) is 29.5 Å².